The van der Waals surface area contributed by atoms with E-state index in [4.69, 9.17) is 55.5 Å². The molecular formula is C23H38Cl4NO3P. The van der Waals surface area contributed by atoms with Crippen molar-refractivity contribution in [2.24, 2.45) is 0 Å². The summed E-state index contributed by atoms with van der Waals surface area (Å²) in [6, 6.07) is 0. The topological polar surface area (TPSA) is 48.4 Å². The maximum Gasteiger partial charge on any atom is 0.364 e. The van der Waals surface area contributed by atoms with Crippen LogP contribution in [0.2, 0.25) is 20.4 Å². The molecule has 0 saturated carbocycles. The van der Waals surface area contributed by atoms with E-state index in [1.54, 1.807) is 0 Å². The molecule has 0 unspecified atom stereocenters. The Balaban J connectivity index is 2.70. The van der Waals surface area contributed by atoms with Crippen LogP contribution >= 0.6 is 54.0 Å². The minimum atomic E-state index is -3.81. The van der Waals surface area contributed by atoms with Gasteiger partial charge in [0.15, 0.2) is 0 Å². The van der Waals surface area contributed by atoms with Gasteiger partial charge in [-0.3, -0.25) is 4.57 Å². The molecule has 0 radical (unpaired) electrons. The highest BCUT2D eigenvalue weighted by atomic mass is 35.5. The second-order valence-electron chi connectivity index (χ2n) is 8.08. The molecule has 1 aromatic heterocycles. The first-order valence-corrected chi connectivity index (χ1v) is 15.0. The molecule has 0 fully saturated rings. The lowest BCUT2D eigenvalue weighted by Crippen LogP contribution is -2.16. The second kappa shape index (κ2) is 17.8. The predicted octanol–water partition coefficient (Wildman–Crippen LogP) is 10.0. The largest absolute Gasteiger partial charge is 0.364 e. The Kier molecular flexibility index (Phi) is 17.0. The van der Waals surface area contributed by atoms with Gasteiger partial charge in [-0.2, -0.15) is 0 Å². The molecule has 1 aromatic rings. The number of aromatic nitrogens is 1. The van der Waals surface area contributed by atoms with Gasteiger partial charge in [0.25, 0.3) is 0 Å². The van der Waals surface area contributed by atoms with E-state index < -0.39 is 7.60 Å². The first kappa shape index (κ1) is 30.5. The fourth-order valence-electron chi connectivity index (χ4n) is 3.37. The van der Waals surface area contributed by atoms with Crippen LogP contribution in [0, 0.1) is 0 Å². The van der Waals surface area contributed by atoms with Gasteiger partial charge < -0.3 is 9.05 Å². The van der Waals surface area contributed by atoms with E-state index in [9.17, 15) is 4.57 Å². The fraction of sp³-hybridized carbons (Fsp3) is 0.783. The van der Waals surface area contributed by atoms with Crippen molar-refractivity contribution < 1.29 is 13.6 Å². The van der Waals surface area contributed by atoms with Gasteiger partial charge in [-0.25, -0.2) is 4.98 Å². The van der Waals surface area contributed by atoms with E-state index in [2.05, 4.69) is 18.8 Å². The van der Waals surface area contributed by atoms with Crippen molar-refractivity contribution in [1.29, 1.82) is 0 Å². The number of pyridine rings is 1. The number of unbranched alkanes of at least 4 members (excludes halogenated alkanes) is 12. The van der Waals surface area contributed by atoms with Crippen molar-refractivity contribution in [2.45, 2.75) is 104 Å². The Morgan fingerprint density at radius 1 is 0.625 bits per heavy atom. The molecule has 0 atom stereocenters. The van der Waals surface area contributed by atoms with Crippen LogP contribution in [0.25, 0.3) is 0 Å². The zero-order valence-electron chi connectivity index (χ0n) is 19.4. The standard InChI is InChI=1S/C23H38Cl4NO3P/c1-3-5-7-9-11-13-15-17-30-32(29,31-18-16-14-12-10-8-6-4-2)21-19(24)22(26)28-23(27)20(21)25/h3-18H2,1-2H3. The van der Waals surface area contributed by atoms with Crippen molar-refractivity contribution >= 4 is 59.3 Å². The van der Waals surface area contributed by atoms with E-state index in [1.807, 2.05) is 0 Å². The highest BCUT2D eigenvalue weighted by molar-refractivity contribution is 7.62. The highest BCUT2D eigenvalue weighted by Crippen LogP contribution is 2.52. The van der Waals surface area contributed by atoms with Crippen LogP contribution in [0.5, 0.6) is 0 Å². The van der Waals surface area contributed by atoms with Crippen LogP contribution in [0.3, 0.4) is 0 Å². The molecule has 0 amide bonds. The molecule has 0 bridgehead atoms. The SMILES string of the molecule is CCCCCCCCCOP(=O)(OCCCCCCCCC)c1c(Cl)c(Cl)nc(Cl)c1Cl. The maximum absolute atomic E-state index is 13.8. The van der Waals surface area contributed by atoms with Crippen molar-refractivity contribution in [3.63, 3.8) is 0 Å². The van der Waals surface area contributed by atoms with Crippen LogP contribution in [-0.2, 0) is 13.6 Å². The number of nitrogens with zero attached hydrogens (tertiary/aromatic N) is 1. The maximum atomic E-state index is 13.8. The van der Waals surface area contributed by atoms with Crippen molar-refractivity contribution in [2.75, 3.05) is 13.2 Å². The van der Waals surface area contributed by atoms with Crippen molar-refractivity contribution in [3.05, 3.63) is 20.4 Å². The second-order valence-corrected chi connectivity index (χ2v) is 11.5. The molecule has 0 spiro atoms. The van der Waals surface area contributed by atoms with Crippen molar-refractivity contribution in [1.82, 2.24) is 4.98 Å². The van der Waals surface area contributed by atoms with E-state index in [0.29, 0.717) is 0 Å². The molecule has 1 rings (SSSR count). The molecule has 186 valence electrons. The van der Waals surface area contributed by atoms with E-state index in [1.165, 1.54) is 51.4 Å². The average Bonchev–Trinajstić information content (AvgIpc) is 2.76. The number of hydrogen-bond donors (Lipinski definition) is 0. The highest BCUT2D eigenvalue weighted by Gasteiger charge is 2.35. The number of rotatable bonds is 19. The third kappa shape index (κ3) is 11.3. The molecule has 32 heavy (non-hydrogen) atoms. The molecule has 0 N–H and O–H groups in total. The van der Waals surface area contributed by atoms with Crippen LogP contribution in [0.4, 0.5) is 0 Å². The summed E-state index contributed by atoms with van der Waals surface area (Å²) >= 11 is 24.7. The van der Waals surface area contributed by atoms with Crippen LogP contribution in [-0.4, -0.2) is 18.2 Å². The quantitative estimate of drug-likeness (QED) is 0.0979. The number of hydrogen-bond acceptors (Lipinski definition) is 4. The molecule has 4 nitrogen and oxygen atoms in total. The Bertz CT molecular complexity index is 656. The van der Waals surface area contributed by atoms with Crippen LogP contribution < -0.4 is 5.30 Å². The van der Waals surface area contributed by atoms with E-state index in [-0.39, 0.29) is 38.9 Å². The van der Waals surface area contributed by atoms with E-state index in [0.717, 1.165) is 38.5 Å². The summed E-state index contributed by atoms with van der Waals surface area (Å²) in [7, 11) is -3.81. The third-order valence-corrected chi connectivity index (χ3v) is 9.05. The monoisotopic (exact) mass is 547 g/mol. The minimum Gasteiger partial charge on any atom is -0.305 e. The molecule has 1 heterocycles. The smallest absolute Gasteiger partial charge is 0.305 e. The van der Waals surface area contributed by atoms with Crippen LogP contribution in [0.1, 0.15) is 104 Å². The lowest BCUT2D eigenvalue weighted by atomic mass is 10.1. The summed E-state index contributed by atoms with van der Waals surface area (Å²) in [6.07, 6.45) is 15.7. The first-order chi connectivity index (χ1) is 15.4. The normalized spacial score (nSPS) is 11.9. The average molecular weight is 549 g/mol. The summed E-state index contributed by atoms with van der Waals surface area (Å²) in [5.41, 5.74) is 0. The Hall–Kier alpha value is 0.460. The van der Waals surface area contributed by atoms with Crippen molar-refractivity contribution in [3.8, 4) is 0 Å². The lowest BCUT2D eigenvalue weighted by Gasteiger charge is -2.21. The molecule has 0 aliphatic carbocycles. The zero-order valence-corrected chi connectivity index (χ0v) is 23.4. The Labute approximate surface area is 214 Å². The molecule has 9 heteroatoms. The summed E-state index contributed by atoms with van der Waals surface area (Å²) < 4.78 is 25.3. The van der Waals surface area contributed by atoms with Gasteiger partial charge in [-0.05, 0) is 12.8 Å². The van der Waals surface area contributed by atoms with Gasteiger partial charge in [0.2, 0.25) is 0 Å². The fourth-order valence-corrected chi connectivity index (χ4v) is 6.61. The predicted molar refractivity (Wildman–Crippen MR) is 139 cm³/mol. The van der Waals surface area contributed by atoms with Gasteiger partial charge >= 0.3 is 7.60 Å². The Morgan fingerprint density at radius 2 is 0.969 bits per heavy atom. The molecular weight excluding hydrogens is 511 g/mol. The lowest BCUT2D eigenvalue weighted by molar-refractivity contribution is 0.206. The first-order valence-electron chi connectivity index (χ1n) is 12.0. The summed E-state index contributed by atoms with van der Waals surface area (Å²) in [5.74, 6) is 0. The third-order valence-electron chi connectivity index (χ3n) is 5.27. The number of halogens is 4. The molecule has 0 saturated heterocycles. The van der Waals surface area contributed by atoms with Gasteiger partial charge in [0, 0.05) is 0 Å². The van der Waals surface area contributed by atoms with Gasteiger partial charge in [0.1, 0.15) is 15.6 Å². The van der Waals surface area contributed by atoms with Gasteiger partial charge in [-0.1, -0.05) is 137 Å². The summed E-state index contributed by atoms with van der Waals surface area (Å²) in [6.45, 7) is 4.97. The molecule has 0 aliphatic heterocycles. The van der Waals surface area contributed by atoms with Gasteiger partial charge in [-0.15, -0.1) is 0 Å². The summed E-state index contributed by atoms with van der Waals surface area (Å²) in [5, 5.41) is -0.213. The molecule has 0 aromatic carbocycles. The van der Waals surface area contributed by atoms with Crippen LogP contribution in [0.15, 0.2) is 0 Å². The molecule has 0 aliphatic rings. The Morgan fingerprint density at radius 3 is 1.34 bits per heavy atom. The zero-order chi connectivity index (χ0) is 23.8. The van der Waals surface area contributed by atoms with E-state index >= 15 is 0 Å². The van der Waals surface area contributed by atoms with Gasteiger partial charge in [0.05, 0.1) is 23.3 Å². The summed E-state index contributed by atoms with van der Waals surface area (Å²) in [4.78, 5) is 3.87. The minimum absolute atomic E-state index is 0.0109.